The van der Waals surface area contributed by atoms with Gasteiger partial charge in [-0.05, 0) is 42.5 Å². The molecule has 1 unspecified atom stereocenters. The molecule has 0 radical (unpaired) electrons. The molecule has 2 nitrogen and oxygen atoms in total. The Morgan fingerprint density at radius 3 is 2.78 bits per heavy atom. The summed E-state index contributed by atoms with van der Waals surface area (Å²) in [4.78, 5) is 11.5. The maximum absolute atomic E-state index is 13.8. The quantitative estimate of drug-likeness (QED) is 0.910. The Bertz CT molecular complexity index is 475. The molecule has 0 aromatic heterocycles. The van der Waals surface area contributed by atoms with Gasteiger partial charge in [-0.25, -0.2) is 4.39 Å². The van der Waals surface area contributed by atoms with Crippen LogP contribution in [0, 0.1) is 11.7 Å². The van der Waals surface area contributed by atoms with E-state index in [2.05, 4.69) is 35.1 Å². The molecule has 1 amide bonds. The zero-order chi connectivity index (χ0) is 13.3. The van der Waals surface area contributed by atoms with Crippen molar-refractivity contribution in [2.75, 3.05) is 0 Å². The zero-order valence-corrected chi connectivity index (χ0v) is 12.2. The van der Waals surface area contributed by atoms with Gasteiger partial charge in [-0.2, -0.15) is 0 Å². The predicted octanol–water partition coefficient (Wildman–Crippen LogP) is 3.44. The zero-order valence-electron chi connectivity index (χ0n) is 10.6. The lowest BCUT2D eigenvalue weighted by molar-refractivity contribution is -0.120. The molecule has 18 heavy (non-hydrogen) atoms. The fourth-order valence-corrected chi connectivity index (χ4v) is 2.94. The molecule has 1 N–H and O–H groups in total. The normalized spacial score (nSPS) is 23.5. The monoisotopic (exact) mass is 313 g/mol. The molecule has 2 rings (SSSR count). The summed E-state index contributed by atoms with van der Waals surface area (Å²) in [7, 11) is 0. The van der Waals surface area contributed by atoms with Crippen molar-refractivity contribution in [2.24, 2.45) is 5.92 Å². The topological polar surface area (TPSA) is 29.1 Å². The first-order chi connectivity index (χ1) is 8.43. The molecule has 0 aliphatic carbocycles. The van der Waals surface area contributed by atoms with E-state index in [4.69, 9.17) is 0 Å². The molecule has 1 fully saturated rings. The summed E-state index contributed by atoms with van der Waals surface area (Å²) in [6, 6.07) is 4.95. The number of benzene rings is 1. The van der Waals surface area contributed by atoms with Crippen LogP contribution in [-0.4, -0.2) is 11.4 Å². The van der Waals surface area contributed by atoms with Gasteiger partial charge in [-0.1, -0.05) is 29.8 Å². The first-order valence-electron chi connectivity index (χ1n) is 6.18. The number of amides is 1. The summed E-state index contributed by atoms with van der Waals surface area (Å²) in [5.41, 5.74) is 0.346. The third kappa shape index (κ3) is 2.58. The van der Waals surface area contributed by atoms with Crippen LogP contribution in [0.3, 0.4) is 0 Å². The molecule has 0 spiro atoms. The number of rotatable bonds is 3. The molecule has 1 heterocycles. The minimum atomic E-state index is -0.307. The van der Waals surface area contributed by atoms with Gasteiger partial charge >= 0.3 is 0 Å². The van der Waals surface area contributed by atoms with E-state index in [0.29, 0.717) is 18.4 Å². The summed E-state index contributed by atoms with van der Waals surface area (Å²) in [6.45, 7) is 4.14. The van der Waals surface area contributed by atoms with Crippen LogP contribution in [0.2, 0.25) is 0 Å². The third-order valence-corrected chi connectivity index (χ3v) is 4.30. The number of hydrogen-bond donors (Lipinski definition) is 1. The number of halogens is 2. The largest absolute Gasteiger partial charge is 0.350 e. The van der Waals surface area contributed by atoms with E-state index < -0.39 is 0 Å². The molecule has 4 heteroatoms. The van der Waals surface area contributed by atoms with Crippen LogP contribution in [0.5, 0.6) is 0 Å². The average Bonchev–Trinajstić information content (AvgIpc) is 2.67. The SMILES string of the molecule is CC(C)C1(Cc2cc(Br)ccc2F)CCC(=O)N1. The molecule has 1 aromatic rings. The van der Waals surface area contributed by atoms with Crippen molar-refractivity contribution in [1.29, 1.82) is 0 Å². The summed E-state index contributed by atoms with van der Waals surface area (Å²) in [5.74, 6) is 0.140. The van der Waals surface area contributed by atoms with E-state index in [-0.39, 0.29) is 23.2 Å². The van der Waals surface area contributed by atoms with Crippen LogP contribution in [0.4, 0.5) is 4.39 Å². The Morgan fingerprint density at radius 2 is 2.22 bits per heavy atom. The molecule has 0 saturated carbocycles. The fraction of sp³-hybridized carbons (Fsp3) is 0.500. The smallest absolute Gasteiger partial charge is 0.220 e. The minimum absolute atomic E-state index is 0.0686. The van der Waals surface area contributed by atoms with Crippen molar-refractivity contribution >= 4 is 21.8 Å². The van der Waals surface area contributed by atoms with E-state index >= 15 is 0 Å². The lowest BCUT2D eigenvalue weighted by Crippen LogP contribution is -2.48. The lowest BCUT2D eigenvalue weighted by Gasteiger charge is -2.33. The van der Waals surface area contributed by atoms with Gasteiger partial charge in [0.15, 0.2) is 0 Å². The van der Waals surface area contributed by atoms with E-state index in [1.54, 1.807) is 12.1 Å². The van der Waals surface area contributed by atoms with E-state index in [0.717, 1.165) is 10.9 Å². The molecule has 1 saturated heterocycles. The van der Waals surface area contributed by atoms with Crippen LogP contribution in [-0.2, 0) is 11.2 Å². The number of hydrogen-bond acceptors (Lipinski definition) is 1. The van der Waals surface area contributed by atoms with Crippen molar-refractivity contribution in [3.8, 4) is 0 Å². The summed E-state index contributed by atoms with van der Waals surface area (Å²) in [6.07, 6.45) is 1.85. The van der Waals surface area contributed by atoms with Crippen molar-refractivity contribution < 1.29 is 9.18 Å². The van der Waals surface area contributed by atoms with Crippen LogP contribution < -0.4 is 5.32 Å². The number of nitrogens with one attached hydrogen (secondary N) is 1. The third-order valence-electron chi connectivity index (χ3n) is 3.81. The minimum Gasteiger partial charge on any atom is -0.350 e. The van der Waals surface area contributed by atoms with E-state index in [1.807, 2.05) is 0 Å². The maximum atomic E-state index is 13.8. The Balaban J connectivity index is 2.30. The highest BCUT2D eigenvalue weighted by Gasteiger charge is 2.40. The number of carbonyl (C=O) groups is 1. The molecular weight excluding hydrogens is 297 g/mol. The van der Waals surface area contributed by atoms with Crippen LogP contribution in [0.15, 0.2) is 22.7 Å². The van der Waals surface area contributed by atoms with Gasteiger partial charge in [-0.3, -0.25) is 4.79 Å². The van der Waals surface area contributed by atoms with Gasteiger partial charge in [0.1, 0.15) is 5.82 Å². The summed E-state index contributed by atoms with van der Waals surface area (Å²) < 4.78 is 14.7. The van der Waals surface area contributed by atoms with E-state index in [1.165, 1.54) is 6.07 Å². The van der Waals surface area contributed by atoms with Gasteiger partial charge < -0.3 is 5.32 Å². The van der Waals surface area contributed by atoms with Crippen LogP contribution >= 0.6 is 15.9 Å². The first kappa shape index (κ1) is 13.5. The second-order valence-corrected chi connectivity index (χ2v) is 6.19. The Morgan fingerprint density at radius 1 is 1.50 bits per heavy atom. The predicted molar refractivity (Wildman–Crippen MR) is 72.7 cm³/mol. The molecule has 98 valence electrons. The summed E-state index contributed by atoms with van der Waals surface area (Å²) in [5, 5.41) is 3.04. The first-order valence-corrected chi connectivity index (χ1v) is 6.97. The number of carbonyl (C=O) groups excluding carboxylic acids is 1. The van der Waals surface area contributed by atoms with Gasteiger partial charge in [0.25, 0.3) is 0 Å². The molecule has 0 bridgehead atoms. The van der Waals surface area contributed by atoms with Crippen molar-refractivity contribution in [3.63, 3.8) is 0 Å². The fourth-order valence-electron chi connectivity index (χ4n) is 2.53. The van der Waals surface area contributed by atoms with Crippen molar-refractivity contribution in [3.05, 3.63) is 34.1 Å². The van der Waals surface area contributed by atoms with Crippen LogP contribution in [0.25, 0.3) is 0 Å². The second kappa shape index (κ2) is 5.00. The highest BCUT2D eigenvalue weighted by atomic mass is 79.9. The summed E-state index contributed by atoms with van der Waals surface area (Å²) >= 11 is 3.36. The lowest BCUT2D eigenvalue weighted by atomic mass is 9.79. The molecule has 1 aliphatic heterocycles. The Kier molecular flexibility index (Phi) is 3.76. The van der Waals surface area contributed by atoms with Gasteiger partial charge in [0, 0.05) is 16.4 Å². The average molecular weight is 314 g/mol. The van der Waals surface area contributed by atoms with E-state index in [9.17, 15) is 9.18 Å². The Hall–Kier alpha value is -0.900. The highest BCUT2D eigenvalue weighted by Crippen LogP contribution is 2.33. The molecule has 1 aromatic carbocycles. The van der Waals surface area contributed by atoms with Gasteiger partial charge in [-0.15, -0.1) is 0 Å². The standard InChI is InChI=1S/C14H17BrFNO/c1-9(2)14(6-5-13(18)17-14)8-10-7-11(15)3-4-12(10)16/h3-4,7,9H,5-6,8H2,1-2H3,(H,17,18). The van der Waals surface area contributed by atoms with Crippen molar-refractivity contribution in [1.82, 2.24) is 5.32 Å². The van der Waals surface area contributed by atoms with Gasteiger partial charge in [0.2, 0.25) is 5.91 Å². The molecular formula is C14H17BrFNO. The second-order valence-electron chi connectivity index (χ2n) is 5.27. The van der Waals surface area contributed by atoms with Gasteiger partial charge in [0.05, 0.1) is 0 Å². The maximum Gasteiger partial charge on any atom is 0.220 e. The Labute approximate surface area is 115 Å². The molecule has 1 aliphatic rings. The molecule has 1 atom stereocenters. The van der Waals surface area contributed by atoms with Crippen molar-refractivity contribution in [2.45, 2.75) is 38.6 Å². The van der Waals surface area contributed by atoms with Crippen LogP contribution in [0.1, 0.15) is 32.3 Å². The highest BCUT2D eigenvalue weighted by molar-refractivity contribution is 9.10.